The van der Waals surface area contributed by atoms with Gasteiger partial charge in [-0.2, -0.15) is 0 Å². The largest absolute Gasteiger partial charge is 0.496 e. The average Bonchev–Trinajstić information content (AvgIpc) is 3.36. The molecular formula is C16H18N6O2. The van der Waals surface area contributed by atoms with Crippen LogP contribution in [0.3, 0.4) is 0 Å². The van der Waals surface area contributed by atoms with Crippen molar-refractivity contribution in [2.45, 2.75) is 19.4 Å². The molecule has 3 heterocycles. The van der Waals surface area contributed by atoms with Gasteiger partial charge in [-0.25, -0.2) is 4.68 Å². The second-order valence-corrected chi connectivity index (χ2v) is 5.67. The summed E-state index contributed by atoms with van der Waals surface area (Å²) in [6.07, 6.45) is 4.18. The molecule has 3 aromatic rings. The SMILES string of the molecule is COc1ccccc1-c1cn(Cc2nnc(N3CCCC3)o2)nn1. The molecule has 1 aliphatic heterocycles. The van der Waals surface area contributed by atoms with Gasteiger partial charge in [0.1, 0.15) is 18.0 Å². The third kappa shape index (κ3) is 2.82. The van der Waals surface area contributed by atoms with Gasteiger partial charge in [0, 0.05) is 18.7 Å². The minimum Gasteiger partial charge on any atom is -0.496 e. The number of rotatable bonds is 5. The minimum atomic E-state index is 0.392. The van der Waals surface area contributed by atoms with Gasteiger partial charge in [-0.15, -0.1) is 10.2 Å². The van der Waals surface area contributed by atoms with Crippen LogP contribution in [-0.4, -0.2) is 45.4 Å². The molecule has 8 heteroatoms. The Balaban J connectivity index is 1.51. The molecule has 1 saturated heterocycles. The molecule has 0 saturated carbocycles. The van der Waals surface area contributed by atoms with Crippen LogP contribution in [0.4, 0.5) is 6.01 Å². The number of para-hydroxylation sites is 1. The monoisotopic (exact) mass is 326 g/mol. The van der Waals surface area contributed by atoms with E-state index in [0.29, 0.717) is 18.5 Å². The fraction of sp³-hybridized carbons (Fsp3) is 0.375. The highest BCUT2D eigenvalue weighted by atomic mass is 16.5. The summed E-state index contributed by atoms with van der Waals surface area (Å²) in [6, 6.07) is 8.30. The van der Waals surface area contributed by atoms with Crippen LogP contribution in [0.5, 0.6) is 5.75 Å². The lowest BCUT2D eigenvalue weighted by atomic mass is 10.1. The minimum absolute atomic E-state index is 0.392. The molecule has 0 radical (unpaired) electrons. The number of ether oxygens (including phenoxy) is 1. The van der Waals surface area contributed by atoms with Gasteiger partial charge >= 0.3 is 6.01 Å². The van der Waals surface area contributed by atoms with Crippen molar-refractivity contribution < 1.29 is 9.15 Å². The Morgan fingerprint density at radius 1 is 1.12 bits per heavy atom. The number of methoxy groups -OCH3 is 1. The Morgan fingerprint density at radius 3 is 2.79 bits per heavy atom. The number of anilines is 1. The Kier molecular flexibility index (Phi) is 3.86. The summed E-state index contributed by atoms with van der Waals surface area (Å²) in [5, 5.41) is 16.6. The maximum absolute atomic E-state index is 5.72. The second kappa shape index (κ2) is 6.31. The van der Waals surface area contributed by atoms with E-state index < -0.39 is 0 Å². The molecule has 0 atom stereocenters. The highest BCUT2D eigenvalue weighted by Crippen LogP contribution is 2.27. The van der Waals surface area contributed by atoms with E-state index >= 15 is 0 Å². The Hall–Kier alpha value is -2.90. The van der Waals surface area contributed by atoms with Crippen molar-refractivity contribution in [3.05, 3.63) is 36.4 Å². The van der Waals surface area contributed by atoms with Gasteiger partial charge in [-0.05, 0) is 25.0 Å². The molecular weight excluding hydrogens is 308 g/mol. The van der Waals surface area contributed by atoms with E-state index in [1.165, 1.54) is 12.8 Å². The van der Waals surface area contributed by atoms with Gasteiger partial charge < -0.3 is 14.1 Å². The summed E-state index contributed by atoms with van der Waals surface area (Å²) in [7, 11) is 1.64. The van der Waals surface area contributed by atoms with Crippen molar-refractivity contribution in [2.24, 2.45) is 0 Å². The predicted octanol–water partition coefficient (Wildman–Crippen LogP) is 1.99. The maximum Gasteiger partial charge on any atom is 0.318 e. The number of aromatic nitrogens is 5. The Labute approximate surface area is 139 Å². The van der Waals surface area contributed by atoms with Crippen LogP contribution in [0.15, 0.2) is 34.9 Å². The van der Waals surface area contributed by atoms with Crippen LogP contribution in [-0.2, 0) is 6.54 Å². The highest BCUT2D eigenvalue weighted by Gasteiger charge is 2.18. The third-order valence-corrected chi connectivity index (χ3v) is 4.05. The first-order chi connectivity index (χ1) is 11.8. The van der Waals surface area contributed by atoms with Gasteiger partial charge in [0.05, 0.1) is 13.3 Å². The molecule has 0 bridgehead atoms. The van der Waals surface area contributed by atoms with Gasteiger partial charge in [-0.3, -0.25) is 0 Å². The van der Waals surface area contributed by atoms with Crippen LogP contribution in [0.2, 0.25) is 0 Å². The number of hydrogen-bond acceptors (Lipinski definition) is 7. The summed E-state index contributed by atoms with van der Waals surface area (Å²) in [5.74, 6) is 1.28. The molecule has 8 nitrogen and oxygen atoms in total. The van der Waals surface area contributed by atoms with Crippen molar-refractivity contribution in [3.63, 3.8) is 0 Å². The number of hydrogen-bond donors (Lipinski definition) is 0. The van der Waals surface area contributed by atoms with E-state index in [1.54, 1.807) is 11.8 Å². The van der Waals surface area contributed by atoms with Crippen LogP contribution in [0, 0.1) is 0 Å². The Bertz CT molecular complexity index is 821. The maximum atomic E-state index is 5.72. The average molecular weight is 326 g/mol. The summed E-state index contributed by atoms with van der Waals surface area (Å²) >= 11 is 0. The summed E-state index contributed by atoms with van der Waals surface area (Å²) in [5.41, 5.74) is 1.64. The standard InChI is InChI=1S/C16H18N6O2/c1-23-14-7-3-2-6-12(14)13-10-22(20-17-13)11-15-18-19-16(24-15)21-8-4-5-9-21/h2-3,6-7,10H,4-5,8-9,11H2,1H3. The first-order valence-corrected chi connectivity index (χ1v) is 7.94. The Morgan fingerprint density at radius 2 is 1.96 bits per heavy atom. The highest BCUT2D eigenvalue weighted by molar-refractivity contribution is 5.65. The van der Waals surface area contributed by atoms with E-state index in [-0.39, 0.29) is 0 Å². The van der Waals surface area contributed by atoms with E-state index in [9.17, 15) is 0 Å². The molecule has 0 amide bonds. The molecule has 2 aromatic heterocycles. The lowest BCUT2D eigenvalue weighted by molar-refractivity contribution is 0.416. The molecule has 1 fully saturated rings. The smallest absolute Gasteiger partial charge is 0.318 e. The van der Waals surface area contributed by atoms with Crippen molar-refractivity contribution in [1.29, 1.82) is 0 Å². The number of benzene rings is 1. The fourth-order valence-corrected chi connectivity index (χ4v) is 2.84. The van der Waals surface area contributed by atoms with Crippen LogP contribution in [0.1, 0.15) is 18.7 Å². The lowest BCUT2D eigenvalue weighted by Gasteiger charge is -2.09. The van der Waals surface area contributed by atoms with Gasteiger partial charge in [0.2, 0.25) is 5.89 Å². The van der Waals surface area contributed by atoms with Gasteiger partial charge in [0.25, 0.3) is 0 Å². The van der Waals surface area contributed by atoms with Crippen LogP contribution < -0.4 is 9.64 Å². The summed E-state index contributed by atoms with van der Waals surface area (Å²) in [4.78, 5) is 2.11. The van der Waals surface area contributed by atoms with Crippen molar-refractivity contribution in [2.75, 3.05) is 25.1 Å². The van der Waals surface area contributed by atoms with Crippen LogP contribution in [0.25, 0.3) is 11.3 Å². The van der Waals surface area contributed by atoms with Crippen molar-refractivity contribution in [3.8, 4) is 17.0 Å². The van der Waals surface area contributed by atoms with E-state index in [0.717, 1.165) is 30.1 Å². The molecule has 0 spiro atoms. The first kappa shape index (κ1) is 14.7. The first-order valence-electron chi connectivity index (χ1n) is 7.94. The molecule has 24 heavy (non-hydrogen) atoms. The molecule has 124 valence electrons. The van der Waals surface area contributed by atoms with E-state index in [1.807, 2.05) is 30.5 Å². The molecule has 4 rings (SSSR count). The molecule has 0 N–H and O–H groups in total. The number of nitrogens with zero attached hydrogens (tertiary/aromatic N) is 6. The normalized spacial score (nSPS) is 14.3. The van der Waals surface area contributed by atoms with Crippen LogP contribution >= 0.6 is 0 Å². The second-order valence-electron chi connectivity index (χ2n) is 5.67. The summed E-state index contributed by atoms with van der Waals surface area (Å²) < 4.78 is 12.8. The third-order valence-electron chi connectivity index (χ3n) is 4.05. The quantitative estimate of drug-likeness (QED) is 0.709. The molecule has 0 aliphatic carbocycles. The zero-order valence-electron chi connectivity index (χ0n) is 13.4. The van der Waals surface area contributed by atoms with Crippen molar-refractivity contribution in [1.82, 2.24) is 25.2 Å². The van der Waals surface area contributed by atoms with E-state index in [4.69, 9.17) is 9.15 Å². The van der Waals surface area contributed by atoms with Crippen molar-refractivity contribution >= 4 is 6.01 Å². The topological polar surface area (TPSA) is 82.1 Å². The summed E-state index contributed by atoms with van der Waals surface area (Å²) in [6.45, 7) is 2.34. The molecule has 1 aromatic carbocycles. The van der Waals surface area contributed by atoms with Gasteiger partial charge in [-0.1, -0.05) is 22.4 Å². The van der Waals surface area contributed by atoms with E-state index in [2.05, 4.69) is 25.4 Å². The molecule has 1 aliphatic rings. The predicted molar refractivity (Wildman–Crippen MR) is 86.9 cm³/mol. The fourth-order valence-electron chi connectivity index (χ4n) is 2.84. The zero-order valence-corrected chi connectivity index (χ0v) is 13.4. The zero-order chi connectivity index (χ0) is 16.4. The molecule has 0 unspecified atom stereocenters. The van der Waals surface area contributed by atoms with Gasteiger partial charge in [0.15, 0.2) is 0 Å². The lowest BCUT2D eigenvalue weighted by Crippen LogP contribution is -2.17.